The van der Waals surface area contributed by atoms with Crippen molar-refractivity contribution >= 4 is 38.9 Å². The number of halogens is 1. The lowest BCUT2D eigenvalue weighted by Gasteiger charge is -2.25. The van der Waals surface area contributed by atoms with Crippen molar-refractivity contribution in [2.45, 2.75) is 32.6 Å². The summed E-state index contributed by atoms with van der Waals surface area (Å²) in [6, 6.07) is 16.9. The molecule has 0 aliphatic heterocycles. The number of anilines is 2. The van der Waals surface area contributed by atoms with Crippen LogP contribution in [0.4, 0.5) is 11.4 Å². The first-order valence-electron chi connectivity index (χ1n) is 9.80. The Morgan fingerprint density at radius 2 is 1.52 bits per heavy atom. The van der Waals surface area contributed by atoms with Crippen molar-refractivity contribution in [1.82, 2.24) is 0 Å². The molecule has 3 rings (SSSR count). The lowest BCUT2D eigenvalue weighted by atomic mass is 10.1. The molecule has 0 heterocycles. The van der Waals surface area contributed by atoms with Crippen LogP contribution in [-0.2, 0) is 14.8 Å². The number of sulfonamides is 1. The smallest absolute Gasteiger partial charge is 0.264 e. The van der Waals surface area contributed by atoms with Crippen LogP contribution < -0.4 is 9.62 Å². The van der Waals surface area contributed by atoms with Gasteiger partial charge >= 0.3 is 0 Å². The number of carbonyl (C=O) groups excluding carboxylic acids is 1. The number of carbonyl (C=O) groups is 1. The number of benzene rings is 3. The number of nitrogens with zero attached hydrogens (tertiary/aromatic N) is 1. The molecule has 7 heteroatoms. The van der Waals surface area contributed by atoms with E-state index in [-0.39, 0.29) is 11.4 Å². The van der Waals surface area contributed by atoms with E-state index in [1.165, 1.54) is 18.2 Å². The minimum absolute atomic E-state index is 0.105. The Morgan fingerprint density at radius 1 is 0.903 bits per heavy atom. The summed E-state index contributed by atoms with van der Waals surface area (Å²) in [5.74, 6) is -0.439. The molecule has 5 nitrogen and oxygen atoms in total. The highest BCUT2D eigenvalue weighted by atomic mass is 35.5. The van der Waals surface area contributed by atoms with Crippen LogP contribution in [-0.4, -0.2) is 20.9 Å². The standard InChI is InChI=1S/C24H25ClN2O3S/c1-16-8-10-22(11-9-16)31(29,30)27(21-7-5-6-20(25)14-21)15-23(28)26-24-18(3)12-17(2)13-19(24)4/h5-14H,15H2,1-4H3,(H,26,28). The van der Waals surface area contributed by atoms with Crippen LogP contribution in [0.5, 0.6) is 0 Å². The number of nitrogens with one attached hydrogen (secondary N) is 1. The van der Waals surface area contributed by atoms with Crippen molar-refractivity contribution < 1.29 is 13.2 Å². The lowest BCUT2D eigenvalue weighted by Crippen LogP contribution is -2.38. The van der Waals surface area contributed by atoms with Crippen molar-refractivity contribution in [3.05, 3.63) is 87.9 Å². The molecule has 3 aromatic rings. The fourth-order valence-electron chi connectivity index (χ4n) is 3.47. The third-order valence-electron chi connectivity index (χ3n) is 4.93. The average Bonchev–Trinajstić information content (AvgIpc) is 2.69. The normalized spacial score (nSPS) is 11.3. The maximum absolute atomic E-state index is 13.4. The fraction of sp³-hybridized carbons (Fsp3) is 0.208. The molecule has 0 atom stereocenters. The Balaban J connectivity index is 1.98. The molecule has 162 valence electrons. The first-order chi connectivity index (χ1) is 14.6. The second-order valence-electron chi connectivity index (χ2n) is 7.63. The summed E-state index contributed by atoms with van der Waals surface area (Å²) in [7, 11) is -3.99. The van der Waals surface area contributed by atoms with E-state index < -0.39 is 15.9 Å². The van der Waals surface area contributed by atoms with E-state index in [2.05, 4.69) is 5.32 Å². The van der Waals surface area contributed by atoms with Gasteiger partial charge in [-0.1, -0.05) is 53.1 Å². The molecule has 0 aliphatic carbocycles. The Morgan fingerprint density at radius 3 is 2.10 bits per heavy atom. The van der Waals surface area contributed by atoms with Gasteiger partial charge in [0.1, 0.15) is 6.54 Å². The second-order valence-corrected chi connectivity index (χ2v) is 9.93. The maximum atomic E-state index is 13.4. The van der Waals surface area contributed by atoms with Gasteiger partial charge in [-0.15, -0.1) is 0 Å². The van der Waals surface area contributed by atoms with Crippen LogP contribution in [0.25, 0.3) is 0 Å². The summed E-state index contributed by atoms with van der Waals surface area (Å²) in [5, 5.41) is 3.26. The summed E-state index contributed by atoms with van der Waals surface area (Å²) < 4.78 is 27.9. The van der Waals surface area contributed by atoms with E-state index >= 15 is 0 Å². The predicted octanol–water partition coefficient (Wildman–Crippen LogP) is 5.41. The van der Waals surface area contributed by atoms with Crippen LogP contribution in [0, 0.1) is 27.7 Å². The molecule has 0 unspecified atom stereocenters. The first-order valence-corrected chi connectivity index (χ1v) is 11.6. The van der Waals surface area contributed by atoms with Crippen LogP contribution >= 0.6 is 11.6 Å². The summed E-state index contributed by atoms with van der Waals surface area (Å²) in [6.07, 6.45) is 0. The SMILES string of the molecule is Cc1ccc(S(=O)(=O)N(CC(=O)Nc2c(C)cc(C)cc2C)c2cccc(Cl)c2)cc1. The molecule has 31 heavy (non-hydrogen) atoms. The zero-order chi connectivity index (χ0) is 22.8. The minimum atomic E-state index is -3.99. The molecular formula is C24H25ClN2O3S. The summed E-state index contributed by atoms with van der Waals surface area (Å²) in [4.78, 5) is 13.1. The van der Waals surface area contributed by atoms with Crippen molar-refractivity contribution in [2.24, 2.45) is 0 Å². The molecule has 0 saturated carbocycles. The molecular weight excluding hydrogens is 432 g/mol. The van der Waals surface area contributed by atoms with Crippen molar-refractivity contribution in [3.63, 3.8) is 0 Å². The molecule has 0 saturated heterocycles. The van der Waals surface area contributed by atoms with Gasteiger partial charge < -0.3 is 5.32 Å². The van der Waals surface area contributed by atoms with Crippen LogP contribution in [0.2, 0.25) is 5.02 Å². The van der Waals surface area contributed by atoms with Crippen molar-refractivity contribution in [1.29, 1.82) is 0 Å². The molecule has 0 aliphatic rings. The highest BCUT2D eigenvalue weighted by Gasteiger charge is 2.27. The predicted molar refractivity (Wildman–Crippen MR) is 126 cm³/mol. The fourth-order valence-corrected chi connectivity index (χ4v) is 5.07. The number of hydrogen-bond donors (Lipinski definition) is 1. The Kier molecular flexibility index (Phi) is 6.72. The highest BCUT2D eigenvalue weighted by Crippen LogP contribution is 2.27. The first kappa shape index (κ1) is 22.8. The van der Waals surface area contributed by atoms with Crippen molar-refractivity contribution in [2.75, 3.05) is 16.2 Å². The Labute approximate surface area is 188 Å². The quantitative estimate of drug-likeness (QED) is 0.539. The highest BCUT2D eigenvalue weighted by molar-refractivity contribution is 7.92. The zero-order valence-electron chi connectivity index (χ0n) is 17.9. The van der Waals surface area contributed by atoms with Gasteiger partial charge in [-0.3, -0.25) is 9.10 Å². The molecule has 0 spiro atoms. The van der Waals surface area contributed by atoms with Crippen molar-refractivity contribution in [3.8, 4) is 0 Å². The van der Waals surface area contributed by atoms with Crippen LogP contribution in [0.3, 0.4) is 0 Å². The molecule has 0 radical (unpaired) electrons. The molecule has 1 N–H and O–H groups in total. The number of hydrogen-bond acceptors (Lipinski definition) is 3. The van der Waals surface area contributed by atoms with Gasteiger partial charge in [-0.05, 0) is 69.2 Å². The van der Waals surface area contributed by atoms with E-state index in [0.29, 0.717) is 16.4 Å². The Bertz CT molecular complexity index is 1200. The van der Waals surface area contributed by atoms with E-state index in [1.807, 2.05) is 39.8 Å². The van der Waals surface area contributed by atoms with E-state index in [0.717, 1.165) is 26.6 Å². The van der Waals surface area contributed by atoms with Crippen LogP contribution in [0.1, 0.15) is 22.3 Å². The average molecular weight is 457 g/mol. The minimum Gasteiger partial charge on any atom is -0.324 e. The van der Waals surface area contributed by atoms with Gasteiger partial charge in [0.25, 0.3) is 10.0 Å². The van der Waals surface area contributed by atoms with Gasteiger partial charge in [0, 0.05) is 10.7 Å². The third kappa shape index (κ3) is 5.27. The van der Waals surface area contributed by atoms with Gasteiger partial charge in [-0.25, -0.2) is 8.42 Å². The monoisotopic (exact) mass is 456 g/mol. The number of aryl methyl sites for hydroxylation is 4. The maximum Gasteiger partial charge on any atom is 0.264 e. The number of rotatable bonds is 6. The van der Waals surface area contributed by atoms with Gasteiger partial charge in [0.05, 0.1) is 10.6 Å². The lowest BCUT2D eigenvalue weighted by molar-refractivity contribution is -0.114. The van der Waals surface area contributed by atoms with Gasteiger partial charge in [0.2, 0.25) is 5.91 Å². The van der Waals surface area contributed by atoms with E-state index in [1.54, 1.807) is 30.3 Å². The Hall–Kier alpha value is -2.83. The zero-order valence-corrected chi connectivity index (χ0v) is 19.5. The molecule has 0 bridgehead atoms. The summed E-state index contributed by atoms with van der Waals surface area (Å²) >= 11 is 6.11. The molecule has 3 aromatic carbocycles. The topological polar surface area (TPSA) is 66.5 Å². The summed E-state index contributed by atoms with van der Waals surface area (Å²) in [6.45, 7) is 7.30. The molecule has 1 amide bonds. The summed E-state index contributed by atoms with van der Waals surface area (Å²) in [5.41, 5.74) is 4.88. The van der Waals surface area contributed by atoms with Gasteiger partial charge in [0.15, 0.2) is 0 Å². The van der Waals surface area contributed by atoms with Gasteiger partial charge in [-0.2, -0.15) is 0 Å². The largest absolute Gasteiger partial charge is 0.324 e. The second kappa shape index (κ2) is 9.12. The van der Waals surface area contributed by atoms with E-state index in [4.69, 9.17) is 11.6 Å². The molecule has 0 fully saturated rings. The third-order valence-corrected chi connectivity index (χ3v) is 6.96. The molecule has 0 aromatic heterocycles. The van der Waals surface area contributed by atoms with Crippen LogP contribution in [0.15, 0.2) is 65.6 Å². The number of amides is 1. The van der Waals surface area contributed by atoms with E-state index in [9.17, 15) is 13.2 Å².